The molecule has 0 spiro atoms. The minimum absolute atomic E-state index is 0.564. The molecule has 0 amide bonds. The summed E-state index contributed by atoms with van der Waals surface area (Å²) in [6.45, 7) is 11.3. The number of hydrogen-bond acceptors (Lipinski definition) is 1. The van der Waals surface area contributed by atoms with Crippen LogP contribution >= 0.6 is 0 Å². The topological polar surface area (TPSA) is 37.3 Å². The lowest BCUT2D eigenvalue weighted by atomic mass is 9.74. The van der Waals surface area contributed by atoms with Crippen LogP contribution in [-0.2, 0) is 4.79 Å². The van der Waals surface area contributed by atoms with E-state index in [9.17, 15) is 9.90 Å². The number of carboxylic acid groups (broad SMARTS) is 1. The van der Waals surface area contributed by atoms with E-state index in [0.29, 0.717) is 0 Å². The first-order valence-electron chi connectivity index (χ1n) is 13.6. The molecule has 192 valence electrons. The standard InChI is InChI=1S/C32H52O2/c1-4-7-10-13-16-19-22-25-28-32(31(33)34,29-26-23-20-17-14-11-8-5-2)30-27-24-21-18-15-12-9-6-3/h4-6,13-18H,1-3,7-12,19-30H2,(H,33,34)/b16-13+,17-14+,18-15+. The second-order valence-corrected chi connectivity index (χ2v) is 9.34. The summed E-state index contributed by atoms with van der Waals surface area (Å²) in [5.41, 5.74) is -0.564. The first-order chi connectivity index (χ1) is 16.6. The molecule has 0 radical (unpaired) electrons. The van der Waals surface area contributed by atoms with Gasteiger partial charge in [0.2, 0.25) is 0 Å². The molecule has 0 aromatic heterocycles. The van der Waals surface area contributed by atoms with E-state index in [2.05, 4.69) is 56.2 Å². The van der Waals surface area contributed by atoms with Crippen LogP contribution in [0, 0.1) is 5.41 Å². The molecule has 0 aliphatic heterocycles. The fraction of sp³-hybridized carbons (Fsp3) is 0.594. The van der Waals surface area contributed by atoms with E-state index in [1.807, 2.05) is 18.2 Å². The summed E-state index contributed by atoms with van der Waals surface area (Å²) in [4.78, 5) is 12.5. The van der Waals surface area contributed by atoms with E-state index in [0.717, 1.165) is 116 Å². The second-order valence-electron chi connectivity index (χ2n) is 9.34. The average molecular weight is 469 g/mol. The van der Waals surface area contributed by atoms with Crippen molar-refractivity contribution in [3.8, 4) is 0 Å². The Hall–Kier alpha value is -2.09. The van der Waals surface area contributed by atoms with Gasteiger partial charge in [0.25, 0.3) is 0 Å². The zero-order valence-corrected chi connectivity index (χ0v) is 21.9. The van der Waals surface area contributed by atoms with E-state index >= 15 is 0 Å². The van der Waals surface area contributed by atoms with E-state index in [1.54, 1.807) is 0 Å². The maximum atomic E-state index is 12.5. The van der Waals surface area contributed by atoms with Crippen LogP contribution in [0.2, 0.25) is 0 Å². The molecule has 0 fully saturated rings. The lowest BCUT2D eigenvalue weighted by Crippen LogP contribution is -2.31. The van der Waals surface area contributed by atoms with Crippen molar-refractivity contribution in [3.05, 3.63) is 74.4 Å². The van der Waals surface area contributed by atoms with Gasteiger partial charge >= 0.3 is 5.97 Å². The predicted molar refractivity (Wildman–Crippen MR) is 151 cm³/mol. The molecule has 0 heterocycles. The summed E-state index contributed by atoms with van der Waals surface area (Å²) in [6.07, 6.45) is 37.1. The summed E-state index contributed by atoms with van der Waals surface area (Å²) in [6, 6.07) is 0. The van der Waals surface area contributed by atoms with Crippen molar-refractivity contribution >= 4 is 5.97 Å². The minimum Gasteiger partial charge on any atom is -0.481 e. The molecule has 0 saturated carbocycles. The normalized spacial score (nSPS) is 12.1. The van der Waals surface area contributed by atoms with Crippen LogP contribution in [0.1, 0.15) is 116 Å². The Balaban J connectivity index is 4.67. The van der Waals surface area contributed by atoms with Gasteiger partial charge in [-0.2, -0.15) is 0 Å². The number of carbonyl (C=O) groups is 1. The van der Waals surface area contributed by atoms with Gasteiger partial charge in [-0.15, -0.1) is 19.7 Å². The molecule has 1 N–H and O–H groups in total. The van der Waals surface area contributed by atoms with Crippen molar-refractivity contribution < 1.29 is 9.90 Å². The minimum atomic E-state index is -0.586. The zero-order valence-electron chi connectivity index (χ0n) is 21.9. The highest BCUT2D eigenvalue weighted by Gasteiger charge is 2.36. The monoisotopic (exact) mass is 468 g/mol. The number of carboxylic acids is 1. The summed E-state index contributed by atoms with van der Waals surface area (Å²) in [7, 11) is 0. The number of hydrogen-bond donors (Lipinski definition) is 1. The Bertz CT molecular complexity index is 534. The molecule has 2 nitrogen and oxygen atoms in total. The maximum Gasteiger partial charge on any atom is 0.309 e. The molecule has 2 heteroatoms. The van der Waals surface area contributed by atoms with Crippen molar-refractivity contribution in [1.29, 1.82) is 0 Å². The first-order valence-corrected chi connectivity index (χ1v) is 13.6. The fourth-order valence-corrected chi connectivity index (χ4v) is 4.22. The van der Waals surface area contributed by atoms with E-state index in [-0.39, 0.29) is 0 Å². The van der Waals surface area contributed by atoms with Gasteiger partial charge in [0.15, 0.2) is 0 Å². The number of unbranched alkanes of at least 4 members (excludes halogenated alkanes) is 9. The van der Waals surface area contributed by atoms with Crippen LogP contribution in [0.5, 0.6) is 0 Å². The molecule has 0 atom stereocenters. The number of aliphatic carboxylic acids is 1. The van der Waals surface area contributed by atoms with Crippen LogP contribution in [0.15, 0.2) is 74.4 Å². The fourth-order valence-electron chi connectivity index (χ4n) is 4.22. The Labute approximate surface area is 211 Å². The van der Waals surface area contributed by atoms with Crippen molar-refractivity contribution in [1.82, 2.24) is 0 Å². The maximum absolute atomic E-state index is 12.5. The summed E-state index contributed by atoms with van der Waals surface area (Å²) < 4.78 is 0. The molecular weight excluding hydrogens is 416 g/mol. The predicted octanol–water partition coefficient (Wildman–Crippen LogP) is 10.3. The Morgan fingerprint density at radius 2 is 0.794 bits per heavy atom. The van der Waals surface area contributed by atoms with Gasteiger partial charge < -0.3 is 5.11 Å². The Morgan fingerprint density at radius 3 is 1.06 bits per heavy atom. The van der Waals surface area contributed by atoms with Crippen LogP contribution < -0.4 is 0 Å². The van der Waals surface area contributed by atoms with Gasteiger partial charge in [-0.3, -0.25) is 4.79 Å². The highest BCUT2D eigenvalue weighted by atomic mass is 16.4. The van der Waals surface area contributed by atoms with Crippen molar-refractivity contribution in [3.63, 3.8) is 0 Å². The van der Waals surface area contributed by atoms with Gasteiger partial charge in [0, 0.05) is 0 Å². The van der Waals surface area contributed by atoms with Gasteiger partial charge in [-0.05, 0) is 96.3 Å². The summed E-state index contributed by atoms with van der Waals surface area (Å²) in [5.74, 6) is -0.586. The first kappa shape index (κ1) is 31.9. The van der Waals surface area contributed by atoms with Crippen molar-refractivity contribution in [2.24, 2.45) is 5.41 Å². The third kappa shape index (κ3) is 18.3. The van der Waals surface area contributed by atoms with Gasteiger partial charge in [-0.25, -0.2) is 0 Å². The van der Waals surface area contributed by atoms with E-state index in [1.165, 1.54) is 0 Å². The van der Waals surface area contributed by atoms with Gasteiger partial charge in [0.05, 0.1) is 5.41 Å². The quantitative estimate of drug-likeness (QED) is 0.107. The third-order valence-corrected chi connectivity index (χ3v) is 6.39. The smallest absolute Gasteiger partial charge is 0.309 e. The van der Waals surface area contributed by atoms with E-state index < -0.39 is 11.4 Å². The molecule has 0 aromatic carbocycles. The molecule has 0 aliphatic carbocycles. The molecule has 34 heavy (non-hydrogen) atoms. The van der Waals surface area contributed by atoms with Crippen LogP contribution in [-0.4, -0.2) is 11.1 Å². The molecular formula is C32H52O2. The SMILES string of the molecule is C=CCC/C=C/CCCCC(CCCC/C=C/CCC=C)(CCCC/C=C/CCC=C)C(=O)O. The van der Waals surface area contributed by atoms with Crippen molar-refractivity contribution in [2.75, 3.05) is 0 Å². The van der Waals surface area contributed by atoms with Crippen LogP contribution in [0.25, 0.3) is 0 Å². The average Bonchev–Trinajstić information content (AvgIpc) is 2.83. The number of allylic oxidation sites excluding steroid dienone is 9. The highest BCUT2D eigenvalue weighted by molar-refractivity contribution is 5.74. The summed E-state index contributed by atoms with van der Waals surface area (Å²) >= 11 is 0. The van der Waals surface area contributed by atoms with E-state index in [4.69, 9.17) is 0 Å². The molecule has 0 aliphatic rings. The largest absolute Gasteiger partial charge is 0.481 e. The summed E-state index contributed by atoms with van der Waals surface area (Å²) in [5, 5.41) is 10.3. The number of rotatable bonds is 25. The van der Waals surface area contributed by atoms with Crippen LogP contribution in [0.3, 0.4) is 0 Å². The molecule has 0 saturated heterocycles. The lowest BCUT2D eigenvalue weighted by molar-refractivity contribution is -0.150. The Kier molecular flexibility index (Phi) is 22.6. The molecule has 0 rings (SSSR count). The molecule has 0 bridgehead atoms. The molecule has 0 unspecified atom stereocenters. The zero-order chi connectivity index (χ0) is 25.2. The second kappa shape index (κ2) is 24.0. The van der Waals surface area contributed by atoms with Crippen molar-refractivity contribution in [2.45, 2.75) is 116 Å². The third-order valence-electron chi connectivity index (χ3n) is 6.39. The van der Waals surface area contributed by atoms with Crippen LogP contribution in [0.4, 0.5) is 0 Å². The Morgan fingerprint density at radius 1 is 0.500 bits per heavy atom. The lowest BCUT2D eigenvalue weighted by Gasteiger charge is -2.30. The highest BCUT2D eigenvalue weighted by Crippen LogP contribution is 2.37. The van der Waals surface area contributed by atoms with Gasteiger partial charge in [-0.1, -0.05) is 73.9 Å². The van der Waals surface area contributed by atoms with Gasteiger partial charge in [0.1, 0.15) is 0 Å². The molecule has 0 aromatic rings.